The topological polar surface area (TPSA) is 92.4 Å². The van der Waals surface area contributed by atoms with Crippen molar-refractivity contribution in [2.45, 2.75) is 13.8 Å². The van der Waals surface area contributed by atoms with Gasteiger partial charge in [-0.3, -0.25) is 15.5 Å². The van der Waals surface area contributed by atoms with Gasteiger partial charge in [0, 0.05) is 11.6 Å². The number of nitrogens with zero attached hydrogens (tertiary/aromatic N) is 1. The number of ether oxygens (including phenoxy) is 1. The quantitative estimate of drug-likeness (QED) is 0.751. The predicted molar refractivity (Wildman–Crippen MR) is 83.8 cm³/mol. The molecule has 0 unspecified atom stereocenters. The fourth-order valence-electron chi connectivity index (χ4n) is 1.53. The van der Waals surface area contributed by atoms with Crippen molar-refractivity contribution in [3.05, 3.63) is 40.9 Å². The first-order chi connectivity index (χ1) is 10.5. The van der Waals surface area contributed by atoms with Crippen molar-refractivity contribution in [3.63, 3.8) is 0 Å². The van der Waals surface area contributed by atoms with Crippen molar-refractivity contribution >= 4 is 28.4 Å². The molecule has 2 rings (SSSR count). The van der Waals surface area contributed by atoms with Crippen molar-refractivity contribution < 1.29 is 14.3 Å². The molecule has 1 aromatic carbocycles. The number of aryl methyl sites for hydroxylation is 2. The van der Waals surface area contributed by atoms with Crippen LogP contribution >= 0.6 is 11.3 Å². The van der Waals surface area contributed by atoms with Crippen LogP contribution in [-0.4, -0.2) is 23.5 Å². The number of urea groups is 1. The standard InChI is InChI=1S/C14H16N4O3S/c1-9-3-4-11(7-10(9)2)21-8-12(19)17-18-13(20)16-14-15-5-6-22-14/h3-7H,8H2,1-2H3,(H,17,19)(H2,15,16,18,20). The molecule has 0 saturated carbocycles. The second-order valence-electron chi connectivity index (χ2n) is 4.50. The lowest BCUT2D eigenvalue weighted by Gasteiger charge is -2.10. The Morgan fingerprint density at radius 2 is 2.05 bits per heavy atom. The monoisotopic (exact) mass is 320 g/mol. The molecular formula is C14H16N4O3S. The van der Waals surface area contributed by atoms with E-state index in [1.807, 2.05) is 26.0 Å². The summed E-state index contributed by atoms with van der Waals surface area (Å²) in [6, 6.07) is 4.99. The Bertz CT molecular complexity index is 658. The average Bonchev–Trinajstić information content (AvgIpc) is 2.99. The van der Waals surface area contributed by atoms with Crippen LogP contribution in [-0.2, 0) is 4.79 Å². The van der Waals surface area contributed by atoms with Gasteiger partial charge in [-0.25, -0.2) is 15.2 Å². The highest BCUT2D eigenvalue weighted by molar-refractivity contribution is 7.13. The minimum Gasteiger partial charge on any atom is -0.484 e. The first kappa shape index (κ1) is 15.8. The third-order valence-corrected chi connectivity index (χ3v) is 3.51. The fourth-order valence-corrected chi connectivity index (χ4v) is 2.05. The Labute approximate surface area is 131 Å². The summed E-state index contributed by atoms with van der Waals surface area (Å²) in [5.41, 5.74) is 6.69. The molecule has 22 heavy (non-hydrogen) atoms. The number of aromatic nitrogens is 1. The fraction of sp³-hybridized carbons (Fsp3) is 0.214. The Hall–Kier alpha value is -2.61. The van der Waals surface area contributed by atoms with Gasteiger partial charge < -0.3 is 4.74 Å². The van der Waals surface area contributed by atoms with Crippen LogP contribution < -0.4 is 20.9 Å². The largest absolute Gasteiger partial charge is 0.484 e. The number of carbonyl (C=O) groups is 2. The van der Waals surface area contributed by atoms with Crippen LogP contribution in [0.2, 0.25) is 0 Å². The van der Waals surface area contributed by atoms with Crippen molar-refractivity contribution in [1.29, 1.82) is 0 Å². The number of nitrogens with one attached hydrogen (secondary N) is 3. The molecule has 3 N–H and O–H groups in total. The minimum absolute atomic E-state index is 0.194. The molecule has 0 bridgehead atoms. The van der Waals surface area contributed by atoms with Crippen LogP contribution in [0.4, 0.5) is 9.93 Å². The van der Waals surface area contributed by atoms with Gasteiger partial charge >= 0.3 is 6.03 Å². The number of anilines is 1. The van der Waals surface area contributed by atoms with Gasteiger partial charge in [0.2, 0.25) is 0 Å². The molecule has 2 aromatic rings. The SMILES string of the molecule is Cc1ccc(OCC(=O)NNC(=O)Nc2nccs2)cc1C. The van der Waals surface area contributed by atoms with E-state index in [2.05, 4.69) is 21.2 Å². The summed E-state index contributed by atoms with van der Waals surface area (Å²) in [6.45, 7) is 3.77. The third-order valence-electron chi connectivity index (χ3n) is 2.82. The van der Waals surface area contributed by atoms with Gasteiger partial charge in [-0.1, -0.05) is 6.07 Å². The molecule has 0 saturated heterocycles. The van der Waals surface area contributed by atoms with Crippen molar-refractivity contribution in [2.24, 2.45) is 0 Å². The number of carbonyl (C=O) groups excluding carboxylic acids is 2. The van der Waals surface area contributed by atoms with Gasteiger partial charge in [-0.15, -0.1) is 11.3 Å². The van der Waals surface area contributed by atoms with Crippen LogP contribution in [0.3, 0.4) is 0 Å². The van der Waals surface area contributed by atoms with E-state index >= 15 is 0 Å². The van der Waals surface area contributed by atoms with Crippen molar-refractivity contribution in [3.8, 4) is 5.75 Å². The van der Waals surface area contributed by atoms with E-state index in [0.29, 0.717) is 10.9 Å². The summed E-state index contributed by atoms with van der Waals surface area (Å²) >= 11 is 1.28. The van der Waals surface area contributed by atoms with E-state index in [-0.39, 0.29) is 6.61 Å². The molecule has 0 atom stereocenters. The zero-order valence-corrected chi connectivity index (χ0v) is 13.0. The van der Waals surface area contributed by atoms with Gasteiger partial charge in [-0.2, -0.15) is 0 Å². The molecule has 3 amide bonds. The number of rotatable bonds is 4. The molecule has 1 heterocycles. The zero-order valence-electron chi connectivity index (χ0n) is 12.2. The van der Waals surface area contributed by atoms with Gasteiger partial charge in [0.1, 0.15) is 5.75 Å². The smallest absolute Gasteiger partial charge is 0.339 e. The number of thiazole rings is 1. The van der Waals surface area contributed by atoms with E-state index in [9.17, 15) is 9.59 Å². The van der Waals surface area contributed by atoms with E-state index in [1.54, 1.807) is 17.6 Å². The first-order valence-electron chi connectivity index (χ1n) is 6.50. The molecule has 116 valence electrons. The first-order valence-corrected chi connectivity index (χ1v) is 7.38. The molecular weight excluding hydrogens is 304 g/mol. The zero-order chi connectivity index (χ0) is 15.9. The highest BCUT2D eigenvalue weighted by Crippen LogP contribution is 2.16. The Morgan fingerprint density at radius 3 is 2.73 bits per heavy atom. The van der Waals surface area contributed by atoms with Gasteiger partial charge in [0.05, 0.1) is 0 Å². The molecule has 0 aliphatic rings. The maximum atomic E-state index is 11.6. The van der Waals surface area contributed by atoms with Gasteiger partial charge in [0.15, 0.2) is 11.7 Å². The van der Waals surface area contributed by atoms with Crippen LogP contribution in [0.5, 0.6) is 5.75 Å². The molecule has 0 aliphatic carbocycles. The molecule has 1 aromatic heterocycles. The summed E-state index contributed by atoms with van der Waals surface area (Å²) in [4.78, 5) is 26.9. The summed E-state index contributed by atoms with van der Waals surface area (Å²) in [5.74, 6) is 0.137. The van der Waals surface area contributed by atoms with Gasteiger partial charge in [-0.05, 0) is 37.1 Å². The van der Waals surface area contributed by atoms with Crippen LogP contribution in [0.1, 0.15) is 11.1 Å². The highest BCUT2D eigenvalue weighted by atomic mass is 32.1. The molecule has 8 heteroatoms. The maximum Gasteiger partial charge on any atom is 0.339 e. The number of benzene rings is 1. The Balaban J connectivity index is 1.71. The third kappa shape index (κ3) is 4.74. The van der Waals surface area contributed by atoms with Crippen molar-refractivity contribution in [2.75, 3.05) is 11.9 Å². The summed E-state index contributed by atoms with van der Waals surface area (Å²) < 4.78 is 5.35. The van der Waals surface area contributed by atoms with Gasteiger partial charge in [0.25, 0.3) is 5.91 Å². The Morgan fingerprint density at radius 1 is 1.23 bits per heavy atom. The van der Waals surface area contributed by atoms with E-state index in [1.165, 1.54) is 11.3 Å². The second-order valence-corrected chi connectivity index (χ2v) is 5.39. The Kier molecular flexibility index (Phi) is 5.31. The number of amides is 3. The number of hydrazine groups is 1. The number of hydrogen-bond donors (Lipinski definition) is 3. The van der Waals surface area contributed by atoms with E-state index in [4.69, 9.17) is 4.74 Å². The lowest BCUT2D eigenvalue weighted by Crippen LogP contribution is -2.45. The normalized spacial score (nSPS) is 9.91. The average molecular weight is 320 g/mol. The second kappa shape index (κ2) is 7.41. The minimum atomic E-state index is -0.575. The summed E-state index contributed by atoms with van der Waals surface area (Å²) in [5, 5.41) is 4.64. The highest BCUT2D eigenvalue weighted by Gasteiger charge is 2.07. The molecule has 0 radical (unpaired) electrons. The summed E-state index contributed by atoms with van der Waals surface area (Å²) in [6.07, 6.45) is 1.57. The molecule has 7 nitrogen and oxygen atoms in total. The predicted octanol–water partition coefficient (Wildman–Crippen LogP) is 1.99. The summed E-state index contributed by atoms with van der Waals surface area (Å²) in [7, 11) is 0. The van der Waals surface area contributed by atoms with Crippen LogP contribution in [0.15, 0.2) is 29.8 Å². The number of hydrogen-bond acceptors (Lipinski definition) is 5. The molecule has 0 aliphatic heterocycles. The lowest BCUT2D eigenvalue weighted by atomic mass is 10.1. The molecule has 0 fully saturated rings. The molecule has 0 spiro atoms. The van der Waals surface area contributed by atoms with E-state index < -0.39 is 11.9 Å². The maximum absolute atomic E-state index is 11.6. The van der Waals surface area contributed by atoms with Crippen LogP contribution in [0.25, 0.3) is 0 Å². The van der Waals surface area contributed by atoms with Crippen LogP contribution in [0, 0.1) is 13.8 Å². The van der Waals surface area contributed by atoms with Crippen molar-refractivity contribution in [1.82, 2.24) is 15.8 Å². The lowest BCUT2D eigenvalue weighted by molar-refractivity contribution is -0.123. The van der Waals surface area contributed by atoms with E-state index in [0.717, 1.165) is 11.1 Å².